The number of esters is 1. The third kappa shape index (κ3) is 2.61. The summed E-state index contributed by atoms with van der Waals surface area (Å²) >= 11 is 3.33. The van der Waals surface area contributed by atoms with Gasteiger partial charge < -0.3 is 9.30 Å². The summed E-state index contributed by atoms with van der Waals surface area (Å²) in [6, 6.07) is 1.78. The fourth-order valence-electron chi connectivity index (χ4n) is 1.18. The quantitative estimate of drug-likeness (QED) is 0.779. The Kier molecular flexibility index (Phi) is 4.20. The minimum atomic E-state index is -0.251. The molecule has 0 radical (unpaired) electrons. The highest BCUT2D eigenvalue weighted by Gasteiger charge is 2.12. The molecule has 0 aliphatic carbocycles. The second-order valence-corrected chi connectivity index (χ2v) is 3.88. The fraction of sp³-hybridized carbons (Fsp3) is 0.500. The molecule has 0 aromatic carbocycles. The first kappa shape index (κ1) is 11.3. The van der Waals surface area contributed by atoms with Gasteiger partial charge in [0.25, 0.3) is 0 Å². The maximum atomic E-state index is 11.5. The first-order valence-electron chi connectivity index (χ1n) is 4.71. The van der Waals surface area contributed by atoms with E-state index < -0.39 is 0 Å². The van der Waals surface area contributed by atoms with Gasteiger partial charge in [-0.25, -0.2) is 4.79 Å². The van der Waals surface area contributed by atoms with Gasteiger partial charge in [0.05, 0.1) is 6.61 Å². The van der Waals surface area contributed by atoms with Crippen LogP contribution in [-0.2, 0) is 11.3 Å². The van der Waals surface area contributed by atoms with Crippen LogP contribution in [0, 0.1) is 0 Å². The summed E-state index contributed by atoms with van der Waals surface area (Å²) in [5.74, 6) is -0.251. The lowest BCUT2D eigenvalue weighted by atomic mass is 10.4. The number of halogens is 1. The maximum Gasteiger partial charge on any atom is 0.354 e. The normalized spacial score (nSPS) is 10.2. The van der Waals surface area contributed by atoms with E-state index in [0.29, 0.717) is 12.3 Å². The van der Waals surface area contributed by atoms with Crippen molar-refractivity contribution in [3.05, 3.63) is 22.4 Å². The van der Waals surface area contributed by atoms with Crippen molar-refractivity contribution in [1.82, 2.24) is 4.57 Å². The summed E-state index contributed by atoms with van der Waals surface area (Å²) in [7, 11) is 0. The molecular weight excluding hydrogens is 246 g/mol. The Labute approximate surface area is 92.2 Å². The van der Waals surface area contributed by atoms with Crippen LogP contribution in [0.2, 0.25) is 0 Å². The van der Waals surface area contributed by atoms with E-state index >= 15 is 0 Å². The lowest BCUT2D eigenvalue weighted by Gasteiger charge is -2.05. The first-order chi connectivity index (χ1) is 6.69. The largest absolute Gasteiger partial charge is 0.461 e. The molecule has 0 spiro atoms. The van der Waals surface area contributed by atoms with Gasteiger partial charge in [-0.15, -0.1) is 0 Å². The van der Waals surface area contributed by atoms with E-state index in [2.05, 4.69) is 15.9 Å². The van der Waals surface area contributed by atoms with Gasteiger partial charge in [-0.2, -0.15) is 0 Å². The Balaban J connectivity index is 2.77. The van der Waals surface area contributed by atoms with Crippen LogP contribution >= 0.6 is 15.9 Å². The van der Waals surface area contributed by atoms with Crippen molar-refractivity contribution in [1.29, 1.82) is 0 Å². The Morgan fingerprint density at radius 3 is 2.86 bits per heavy atom. The molecule has 0 fully saturated rings. The van der Waals surface area contributed by atoms with Crippen LogP contribution in [0.15, 0.2) is 16.7 Å². The fourth-order valence-corrected chi connectivity index (χ4v) is 1.64. The molecule has 78 valence electrons. The minimum Gasteiger partial charge on any atom is -0.461 e. The van der Waals surface area contributed by atoms with Gasteiger partial charge in [0.2, 0.25) is 0 Å². The summed E-state index contributed by atoms with van der Waals surface area (Å²) in [6.45, 7) is 5.21. The van der Waals surface area contributed by atoms with Gasteiger partial charge in [0.1, 0.15) is 5.69 Å². The molecule has 0 aliphatic heterocycles. The zero-order chi connectivity index (χ0) is 10.6. The number of aromatic nitrogens is 1. The average molecular weight is 260 g/mol. The number of rotatable bonds is 4. The van der Waals surface area contributed by atoms with Gasteiger partial charge in [-0.3, -0.25) is 0 Å². The smallest absolute Gasteiger partial charge is 0.354 e. The van der Waals surface area contributed by atoms with Gasteiger partial charge in [0, 0.05) is 17.2 Å². The molecule has 1 aromatic heterocycles. The van der Waals surface area contributed by atoms with Crippen molar-refractivity contribution in [2.24, 2.45) is 0 Å². The Morgan fingerprint density at radius 1 is 1.57 bits per heavy atom. The Hall–Kier alpha value is -0.770. The number of carbonyl (C=O) groups is 1. The second-order valence-electron chi connectivity index (χ2n) is 2.97. The molecule has 0 saturated carbocycles. The highest BCUT2D eigenvalue weighted by molar-refractivity contribution is 9.10. The summed E-state index contributed by atoms with van der Waals surface area (Å²) in [4.78, 5) is 11.5. The van der Waals surface area contributed by atoms with E-state index in [1.54, 1.807) is 6.07 Å². The van der Waals surface area contributed by atoms with E-state index in [-0.39, 0.29) is 5.97 Å². The van der Waals surface area contributed by atoms with Crippen molar-refractivity contribution in [3.8, 4) is 0 Å². The minimum absolute atomic E-state index is 0.251. The van der Waals surface area contributed by atoms with Crippen LogP contribution in [-0.4, -0.2) is 17.1 Å². The molecule has 1 rings (SSSR count). The third-order valence-electron chi connectivity index (χ3n) is 1.85. The van der Waals surface area contributed by atoms with Gasteiger partial charge in [0.15, 0.2) is 0 Å². The molecule has 0 aliphatic rings. The number of carbonyl (C=O) groups excluding carboxylic acids is 1. The highest BCUT2D eigenvalue weighted by Crippen LogP contribution is 2.15. The topological polar surface area (TPSA) is 31.2 Å². The van der Waals surface area contributed by atoms with Crippen LogP contribution in [0.3, 0.4) is 0 Å². The molecule has 0 saturated heterocycles. The van der Waals surface area contributed by atoms with Crippen LogP contribution in [0.5, 0.6) is 0 Å². The van der Waals surface area contributed by atoms with Crippen LogP contribution in [0.25, 0.3) is 0 Å². The zero-order valence-electron chi connectivity index (χ0n) is 8.42. The van der Waals surface area contributed by atoms with E-state index in [9.17, 15) is 4.79 Å². The van der Waals surface area contributed by atoms with E-state index in [1.165, 1.54) is 0 Å². The maximum absolute atomic E-state index is 11.5. The third-order valence-corrected chi connectivity index (χ3v) is 2.28. The molecule has 0 N–H and O–H groups in total. The molecule has 0 amide bonds. The van der Waals surface area contributed by atoms with Crippen LogP contribution in [0.1, 0.15) is 30.8 Å². The Morgan fingerprint density at radius 2 is 2.29 bits per heavy atom. The summed E-state index contributed by atoms with van der Waals surface area (Å²) in [6.07, 6.45) is 2.72. The average Bonchev–Trinajstić information content (AvgIpc) is 2.56. The molecule has 3 nitrogen and oxygen atoms in total. The summed E-state index contributed by atoms with van der Waals surface area (Å²) in [5.41, 5.74) is 0.604. The predicted octanol–water partition coefficient (Wildman–Crippen LogP) is 2.84. The molecule has 0 atom stereocenters. The number of aryl methyl sites for hydroxylation is 1. The van der Waals surface area contributed by atoms with Gasteiger partial charge >= 0.3 is 5.97 Å². The summed E-state index contributed by atoms with van der Waals surface area (Å²) < 4.78 is 7.82. The van der Waals surface area contributed by atoms with Crippen molar-refractivity contribution in [3.63, 3.8) is 0 Å². The molecule has 14 heavy (non-hydrogen) atoms. The van der Waals surface area contributed by atoms with Crippen molar-refractivity contribution >= 4 is 21.9 Å². The first-order valence-corrected chi connectivity index (χ1v) is 5.51. The number of ether oxygens (including phenoxy) is 1. The zero-order valence-corrected chi connectivity index (χ0v) is 10.0. The molecule has 4 heteroatoms. The standard InChI is InChI=1S/C10H14BrNO2/c1-3-5-14-10(13)9-6-8(11)7-12(9)4-2/h6-7H,3-5H2,1-2H3. The Bertz CT molecular complexity index is 320. The predicted molar refractivity (Wildman–Crippen MR) is 58.4 cm³/mol. The second kappa shape index (κ2) is 5.20. The lowest BCUT2D eigenvalue weighted by Crippen LogP contribution is -2.11. The lowest BCUT2D eigenvalue weighted by molar-refractivity contribution is 0.0493. The van der Waals surface area contributed by atoms with E-state index in [0.717, 1.165) is 17.4 Å². The molecule has 0 bridgehead atoms. The molecular formula is C10H14BrNO2. The highest BCUT2D eigenvalue weighted by atomic mass is 79.9. The molecule has 0 unspecified atom stereocenters. The van der Waals surface area contributed by atoms with Gasteiger partial charge in [-0.1, -0.05) is 6.92 Å². The molecule has 1 heterocycles. The van der Waals surface area contributed by atoms with Crippen molar-refractivity contribution in [2.45, 2.75) is 26.8 Å². The number of nitrogens with zero attached hydrogens (tertiary/aromatic N) is 1. The number of hydrogen-bond acceptors (Lipinski definition) is 2. The number of hydrogen-bond donors (Lipinski definition) is 0. The monoisotopic (exact) mass is 259 g/mol. The van der Waals surface area contributed by atoms with E-state index in [1.807, 2.05) is 24.6 Å². The van der Waals surface area contributed by atoms with Crippen LogP contribution in [0.4, 0.5) is 0 Å². The van der Waals surface area contributed by atoms with Crippen molar-refractivity contribution < 1.29 is 9.53 Å². The SMILES string of the molecule is CCCOC(=O)c1cc(Br)cn1CC. The molecule has 1 aromatic rings. The van der Waals surface area contributed by atoms with Crippen molar-refractivity contribution in [2.75, 3.05) is 6.61 Å². The van der Waals surface area contributed by atoms with Gasteiger partial charge in [-0.05, 0) is 35.3 Å². The summed E-state index contributed by atoms with van der Waals surface area (Å²) in [5, 5.41) is 0. The van der Waals surface area contributed by atoms with E-state index in [4.69, 9.17) is 4.74 Å². The van der Waals surface area contributed by atoms with Crippen LogP contribution < -0.4 is 0 Å².